The number of aryl methyl sites for hydroxylation is 1. The topological polar surface area (TPSA) is 77.0 Å². The zero-order chi connectivity index (χ0) is 17.9. The van der Waals surface area contributed by atoms with E-state index < -0.39 is 23.7 Å². The van der Waals surface area contributed by atoms with Crippen LogP contribution in [0.2, 0.25) is 0 Å². The number of aliphatic hydroxyl groups is 1. The first kappa shape index (κ1) is 18.0. The van der Waals surface area contributed by atoms with E-state index in [4.69, 9.17) is 5.73 Å². The SMILES string of the molecule is C=CCCn1cc(-c2cnc(N)c(C(F)(F)F)c2)nc1C(O)CC. The Morgan fingerprint density at radius 3 is 2.75 bits per heavy atom. The molecule has 1 atom stereocenters. The van der Waals surface area contributed by atoms with Crippen molar-refractivity contribution in [2.75, 3.05) is 5.73 Å². The summed E-state index contributed by atoms with van der Waals surface area (Å²) >= 11 is 0. The number of hydrogen-bond acceptors (Lipinski definition) is 4. The molecule has 0 aliphatic carbocycles. The second-order valence-electron chi connectivity index (χ2n) is 5.33. The number of pyridine rings is 1. The average Bonchev–Trinajstić information content (AvgIpc) is 2.95. The van der Waals surface area contributed by atoms with Gasteiger partial charge in [0.05, 0.1) is 11.3 Å². The molecule has 0 amide bonds. The summed E-state index contributed by atoms with van der Waals surface area (Å²) in [5, 5.41) is 10.1. The largest absolute Gasteiger partial charge is 0.419 e. The summed E-state index contributed by atoms with van der Waals surface area (Å²) in [7, 11) is 0. The maximum absolute atomic E-state index is 13.0. The first-order valence-corrected chi connectivity index (χ1v) is 7.47. The zero-order valence-corrected chi connectivity index (χ0v) is 13.2. The summed E-state index contributed by atoms with van der Waals surface area (Å²) in [5.41, 5.74) is 4.81. The molecule has 2 aromatic heterocycles. The van der Waals surface area contributed by atoms with Crippen molar-refractivity contribution in [2.24, 2.45) is 0 Å². The van der Waals surface area contributed by atoms with Crippen molar-refractivity contribution in [3.8, 4) is 11.3 Å². The van der Waals surface area contributed by atoms with E-state index in [1.54, 1.807) is 23.8 Å². The van der Waals surface area contributed by atoms with Gasteiger partial charge in [-0.25, -0.2) is 9.97 Å². The van der Waals surface area contributed by atoms with Crippen molar-refractivity contribution < 1.29 is 18.3 Å². The molecule has 5 nitrogen and oxygen atoms in total. The van der Waals surface area contributed by atoms with Gasteiger partial charge in [0, 0.05) is 24.5 Å². The molecule has 2 aromatic rings. The van der Waals surface area contributed by atoms with Crippen molar-refractivity contribution >= 4 is 5.82 Å². The van der Waals surface area contributed by atoms with Crippen LogP contribution in [0.15, 0.2) is 31.1 Å². The molecule has 2 heterocycles. The van der Waals surface area contributed by atoms with Gasteiger partial charge >= 0.3 is 6.18 Å². The lowest BCUT2D eigenvalue weighted by molar-refractivity contribution is -0.137. The van der Waals surface area contributed by atoms with Crippen molar-refractivity contribution in [2.45, 2.75) is 38.6 Å². The molecule has 1 unspecified atom stereocenters. The summed E-state index contributed by atoms with van der Waals surface area (Å²) < 4.78 is 40.7. The van der Waals surface area contributed by atoms with Gasteiger partial charge < -0.3 is 15.4 Å². The van der Waals surface area contributed by atoms with Crippen molar-refractivity contribution in [1.29, 1.82) is 0 Å². The molecule has 3 N–H and O–H groups in total. The Labute approximate surface area is 137 Å². The molecule has 0 aliphatic rings. The number of alkyl halides is 3. The second-order valence-corrected chi connectivity index (χ2v) is 5.33. The van der Waals surface area contributed by atoms with E-state index in [0.29, 0.717) is 30.9 Å². The smallest absolute Gasteiger partial charge is 0.385 e. The third kappa shape index (κ3) is 3.76. The molecule has 0 radical (unpaired) electrons. The van der Waals surface area contributed by atoms with Crippen LogP contribution in [0.25, 0.3) is 11.3 Å². The number of hydrogen-bond donors (Lipinski definition) is 2. The number of allylic oxidation sites excluding steroid dienone is 1. The van der Waals surface area contributed by atoms with Crippen LogP contribution in [-0.4, -0.2) is 19.6 Å². The molecule has 0 aliphatic heterocycles. The van der Waals surface area contributed by atoms with E-state index in [-0.39, 0.29) is 5.56 Å². The van der Waals surface area contributed by atoms with Gasteiger partial charge in [-0.1, -0.05) is 13.0 Å². The standard InChI is InChI=1S/C16H19F3N4O/c1-3-5-6-23-9-12(22-15(23)13(24)4-2)10-7-11(16(17,18)19)14(20)21-8-10/h3,7-9,13,24H,1,4-6H2,2H3,(H2,20,21). The number of aliphatic hydroxyl groups excluding tert-OH is 1. The average molecular weight is 340 g/mol. The minimum Gasteiger partial charge on any atom is -0.385 e. The van der Waals surface area contributed by atoms with Crippen molar-refractivity contribution in [1.82, 2.24) is 14.5 Å². The molecular formula is C16H19F3N4O. The Kier molecular flexibility index (Phi) is 5.28. The highest BCUT2D eigenvalue weighted by Crippen LogP contribution is 2.35. The number of anilines is 1. The molecular weight excluding hydrogens is 321 g/mol. The molecule has 0 saturated heterocycles. The highest BCUT2D eigenvalue weighted by molar-refractivity contribution is 5.62. The van der Waals surface area contributed by atoms with E-state index in [0.717, 1.165) is 6.07 Å². The van der Waals surface area contributed by atoms with Crippen molar-refractivity contribution in [3.05, 3.63) is 42.5 Å². The maximum atomic E-state index is 13.0. The van der Waals surface area contributed by atoms with Gasteiger partial charge in [-0.3, -0.25) is 0 Å². The van der Waals surface area contributed by atoms with Gasteiger partial charge in [-0.2, -0.15) is 13.2 Å². The van der Waals surface area contributed by atoms with Crippen LogP contribution in [0.3, 0.4) is 0 Å². The predicted octanol–water partition coefficient (Wildman–Crippen LogP) is 3.57. The Bertz CT molecular complexity index is 725. The summed E-state index contributed by atoms with van der Waals surface area (Å²) in [5.74, 6) is -0.175. The lowest BCUT2D eigenvalue weighted by atomic mass is 10.1. The summed E-state index contributed by atoms with van der Waals surface area (Å²) in [6, 6.07) is 0.921. The van der Waals surface area contributed by atoms with E-state index in [2.05, 4.69) is 16.5 Å². The summed E-state index contributed by atoms with van der Waals surface area (Å²) in [6.07, 6.45) is 0.259. The quantitative estimate of drug-likeness (QED) is 0.788. The van der Waals surface area contributed by atoms with Gasteiger partial charge in [0.2, 0.25) is 0 Å². The minimum absolute atomic E-state index is 0.193. The Hall–Kier alpha value is -2.35. The van der Waals surface area contributed by atoms with Crippen LogP contribution in [0, 0.1) is 0 Å². The van der Waals surface area contributed by atoms with Crippen LogP contribution in [-0.2, 0) is 12.7 Å². The molecule has 8 heteroatoms. The van der Waals surface area contributed by atoms with E-state index in [1.165, 1.54) is 6.20 Å². The van der Waals surface area contributed by atoms with Gasteiger partial charge in [-0.15, -0.1) is 6.58 Å². The van der Waals surface area contributed by atoms with Crippen LogP contribution < -0.4 is 5.73 Å². The first-order chi connectivity index (χ1) is 11.3. The Morgan fingerprint density at radius 1 is 1.46 bits per heavy atom. The number of aromatic nitrogens is 3. The lowest BCUT2D eigenvalue weighted by Crippen LogP contribution is -2.10. The summed E-state index contributed by atoms with van der Waals surface area (Å²) in [6.45, 7) is 5.96. The molecule has 0 bridgehead atoms. The van der Waals surface area contributed by atoms with E-state index in [9.17, 15) is 18.3 Å². The maximum Gasteiger partial charge on any atom is 0.419 e. The molecule has 130 valence electrons. The van der Waals surface area contributed by atoms with Gasteiger partial charge in [0.25, 0.3) is 0 Å². The zero-order valence-electron chi connectivity index (χ0n) is 13.2. The normalized spacial score (nSPS) is 13.0. The van der Waals surface area contributed by atoms with Gasteiger partial charge in [-0.05, 0) is 18.9 Å². The molecule has 0 saturated carbocycles. The Morgan fingerprint density at radius 2 is 2.17 bits per heavy atom. The highest BCUT2D eigenvalue weighted by Gasteiger charge is 2.34. The van der Waals surface area contributed by atoms with Crippen molar-refractivity contribution in [3.63, 3.8) is 0 Å². The third-order valence-corrected chi connectivity index (χ3v) is 3.59. The lowest BCUT2D eigenvalue weighted by Gasteiger charge is -2.10. The van der Waals surface area contributed by atoms with Crippen LogP contribution in [0.5, 0.6) is 0 Å². The monoisotopic (exact) mass is 340 g/mol. The number of nitrogens with two attached hydrogens (primary N) is 1. The molecule has 0 aromatic carbocycles. The van der Waals surface area contributed by atoms with Crippen LogP contribution in [0.4, 0.5) is 19.0 Å². The minimum atomic E-state index is -4.59. The number of nitrogen functional groups attached to an aromatic ring is 1. The van der Waals surface area contributed by atoms with E-state index in [1.807, 2.05) is 0 Å². The third-order valence-electron chi connectivity index (χ3n) is 3.59. The van der Waals surface area contributed by atoms with Gasteiger partial charge in [0.1, 0.15) is 17.7 Å². The highest BCUT2D eigenvalue weighted by atomic mass is 19.4. The fourth-order valence-electron chi connectivity index (χ4n) is 2.27. The number of rotatable bonds is 6. The fraction of sp³-hybridized carbons (Fsp3) is 0.375. The number of halogens is 3. The Balaban J connectivity index is 2.49. The molecule has 0 spiro atoms. The van der Waals surface area contributed by atoms with E-state index >= 15 is 0 Å². The first-order valence-electron chi connectivity index (χ1n) is 7.47. The summed E-state index contributed by atoms with van der Waals surface area (Å²) in [4.78, 5) is 7.91. The molecule has 24 heavy (non-hydrogen) atoms. The van der Waals surface area contributed by atoms with Crippen LogP contribution in [0.1, 0.15) is 37.3 Å². The molecule has 2 rings (SSSR count). The second kappa shape index (κ2) is 7.04. The predicted molar refractivity (Wildman–Crippen MR) is 84.9 cm³/mol. The number of nitrogens with zero attached hydrogens (tertiary/aromatic N) is 3. The van der Waals surface area contributed by atoms with Gasteiger partial charge in [0.15, 0.2) is 0 Å². The van der Waals surface area contributed by atoms with Crippen LogP contribution >= 0.6 is 0 Å². The number of imidazole rings is 1. The fourth-order valence-corrected chi connectivity index (χ4v) is 2.27. The molecule has 0 fully saturated rings.